The van der Waals surface area contributed by atoms with Crippen LogP contribution < -0.4 is 14.2 Å². The van der Waals surface area contributed by atoms with Crippen LogP contribution in [0.5, 0.6) is 17.2 Å². The summed E-state index contributed by atoms with van der Waals surface area (Å²) in [5.41, 5.74) is 0.557. The molecule has 0 amide bonds. The average molecular weight is 296 g/mol. The van der Waals surface area contributed by atoms with Crippen LogP contribution in [0, 0.1) is 0 Å². The molecule has 4 nitrogen and oxygen atoms in total. The Morgan fingerprint density at radius 3 is 2.35 bits per heavy atom. The molecule has 0 saturated carbocycles. The van der Waals surface area contributed by atoms with Gasteiger partial charge in [-0.3, -0.25) is 4.79 Å². The molecule has 2 rings (SSSR count). The summed E-state index contributed by atoms with van der Waals surface area (Å²) in [4.78, 5) is 12.8. The molecule has 20 heavy (non-hydrogen) atoms. The molecule has 1 atom stereocenters. The molecule has 1 aromatic carbocycles. The van der Waals surface area contributed by atoms with Crippen molar-refractivity contribution in [1.82, 2.24) is 0 Å². The Labute approximate surface area is 123 Å². The molecule has 0 N–H and O–H groups in total. The van der Waals surface area contributed by atoms with Gasteiger partial charge in [0.25, 0.3) is 0 Å². The molecular weight excluding hydrogens is 276 g/mol. The van der Waals surface area contributed by atoms with Crippen LogP contribution in [0.4, 0.5) is 0 Å². The fraction of sp³-hybridized carbons (Fsp3) is 0.533. The van der Waals surface area contributed by atoms with Crippen LogP contribution in [0.3, 0.4) is 0 Å². The van der Waals surface area contributed by atoms with E-state index in [4.69, 9.17) is 14.2 Å². The highest BCUT2D eigenvalue weighted by Crippen LogP contribution is 2.45. The number of ether oxygens (including phenoxy) is 3. The maximum atomic E-state index is 12.8. The molecule has 0 bridgehead atoms. The molecular formula is C15H20O4S. The highest BCUT2D eigenvalue weighted by molar-refractivity contribution is 8.01. The third-order valence-corrected chi connectivity index (χ3v) is 5.17. The number of carbonyl (C=O) groups excluding carboxylic acids is 1. The van der Waals surface area contributed by atoms with E-state index in [1.165, 1.54) is 7.11 Å². The van der Waals surface area contributed by atoms with E-state index in [0.29, 0.717) is 22.8 Å². The number of methoxy groups -OCH3 is 3. The van der Waals surface area contributed by atoms with Crippen molar-refractivity contribution in [3.8, 4) is 17.2 Å². The second-order valence-corrected chi connectivity index (χ2v) is 6.49. The molecule has 110 valence electrons. The first-order valence-corrected chi connectivity index (χ1v) is 7.53. The van der Waals surface area contributed by atoms with E-state index in [1.807, 2.05) is 6.92 Å². The summed E-state index contributed by atoms with van der Waals surface area (Å²) in [5, 5.41) is 0. The minimum atomic E-state index is -0.368. The van der Waals surface area contributed by atoms with Gasteiger partial charge in [-0.1, -0.05) is 0 Å². The van der Waals surface area contributed by atoms with Crippen molar-refractivity contribution in [3.63, 3.8) is 0 Å². The quantitative estimate of drug-likeness (QED) is 0.781. The zero-order valence-corrected chi connectivity index (χ0v) is 13.1. The van der Waals surface area contributed by atoms with E-state index in [0.717, 1.165) is 18.6 Å². The van der Waals surface area contributed by atoms with E-state index in [1.54, 1.807) is 38.1 Å². The van der Waals surface area contributed by atoms with E-state index in [2.05, 4.69) is 0 Å². The van der Waals surface area contributed by atoms with Gasteiger partial charge in [-0.05, 0) is 37.7 Å². The number of Topliss-reactive ketones (excluding diaryl/α,β-unsaturated/α-hetero) is 1. The highest BCUT2D eigenvalue weighted by atomic mass is 32.2. The summed E-state index contributed by atoms with van der Waals surface area (Å²) in [5.74, 6) is 2.60. The summed E-state index contributed by atoms with van der Waals surface area (Å²) in [6.45, 7) is 2.00. The zero-order valence-electron chi connectivity index (χ0n) is 12.3. The monoisotopic (exact) mass is 296 g/mol. The fourth-order valence-electron chi connectivity index (χ4n) is 2.52. The summed E-state index contributed by atoms with van der Waals surface area (Å²) in [6, 6.07) is 3.50. The number of carbonyl (C=O) groups is 1. The van der Waals surface area contributed by atoms with Crippen LogP contribution in [0.25, 0.3) is 0 Å². The molecule has 0 aromatic heterocycles. The maximum Gasteiger partial charge on any atom is 0.204 e. The Morgan fingerprint density at radius 2 is 1.85 bits per heavy atom. The lowest BCUT2D eigenvalue weighted by Gasteiger charge is -2.23. The van der Waals surface area contributed by atoms with Gasteiger partial charge in [0.15, 0.2) is 17.3 Å². The van der Waals surface area contributed by atoms with Gasteiger partial charge in [-0.2, -0.15) is 0 Å². The Bertz CT molecular complexity index is 507. The van der Waals surface area contributed by atoms with Crippen LogP contribution >= 0.6 is 11.8 Å². The van der Waals surface area contributed by atoms with E-state index < -0.39 is 0 Å². The third kappa shape index (κ3) is 2.46. The van der Waals surface area contributed by atoms with Crippen LogP contribution in [0.1, 0.15) is 30.1 Å². The molecule has 1 aliphatic rings. The number of thioether (sulfide) groups is 1. The fourth-order valence-corrected chi connectivity index (χ4v) is 3.79. The van der Waals surface area contributed by atoms with E-state index >= 15 is 0 Å². The van der Waals surface area contributed by atoms with Gasteiger partial charge in [0, 0.05) is 0 Å². The minimum Gasteiger partial charge on any atom is -0.493 e. The largest absolute Gasteiger partial charge is 0.493 e. The molecule has 5 heteroatoms. The van der Waals surface area contributed by atoms with Crippen LogP contribution in [-0.4, -0.2) is 37.6 Å². The van der Waals surface area contributed by atoms with Crippen molar-refractivity contribution in [1.29, 1.82) is 0 Å². The van der Waals surface area contributed by atoms with Crippen molar-refractivity contribution >= 4 is 17.5 Å². The van der Waals surface area contributed by atoms with Gasteiger partial charge in [0.05, 0.1) is 31.6 Å². The summed E-state index contributed by atoms with van der Waals surface area (Å²) < 4.78 is 15.6. The summed E-state index contributed by atoms with van der Waals surface area (Å²) >= 11 is 1.71. The first kappa shape index (κ1) is 15.0. The van der Waals surface area contributed by atoms with Crippen LogP contribution in [-0.2, 0) is 0 Å². The summed E-state index contributed by atoms with van der Waals surface area (Å²) in [7, 11) is 4.64. The van der Waals surface area contributed by atoms with Crippen LogP contribution in [0.2, 0.25) is 0 Å². The number of rotatable bonds is 5. The SMILES string of the molecule is COc1ccc(C(=O)C2(C)CCCS2)c(OC)c1OC. The standard InChI is InChI=1S/C15H20O4S/c1-15(8-5-9-20-15)14(16)10-6-7-11(17-2)13(19-4)12(10)18-3/h6-7H,5,8-9H2,1-4H3. The zero-order chi connectivity index (χ0) is 14.8. The molecule has 1 aromatic rings. The molecule has 1 heterocycles. The number of hydrogen-bond donors (Lipinski definition) is 0. The van der Waals surface area contributed by atoms with Gasteiger partial charge in [0.2, 0.25) is 5.75 Å². The van der Waals surface area contributed by atoms with Gasteiger partial charge < -0.3 is 14.2 Å². The lowest BCUT2D eigenvalue weighted by Crippen LogP contribution is -2.29. The van der Waals surface area contributed by atoms with Crippen molar-refractivity contribution in [2.75, 3.05) is 27.1 Å². The van der Waals surface area contributed by atoms with Crippen molar-refractivity contribution in [3.05, 3.63) is 17.7 Å². The normalized spacial score (nSPS) is 21.6. The lowest BCUT2D eigenvalue weighted by molar-refractivity contribution is 0.0945. The van der Waals surface area contributed by atoms with E-state index in [9.17, 15) is 4.79 Å². The number of hydrogen-bond acceptors (Lipinski definition) is 5. The van der Waals surface area contributed by atoms with Gasteiger partial charge in [0.1, 0.15) is 0 Å². The average Bonchev–Trinajstić information content (AvgIpc) is 2.92. The molecule has 0 radical (unpaired) electrons. The first-order chi connectivity index (χ1) is 9.57. The van der Waals surface area contributed by atoms with E-state index in [-0.39, 0.29) is 10.5 Å². The predicted octanol–water partition coefficient (Wildman–Crippen LogP) is 3.18. The third-order valence-electron chi connectivity index (χ3n) is 3.65. The Balaban J connectivity index is 2.48. The highest BCUT2D eigenvalue weighted by Gasteiger charge is 2.39. The maximum absolute atomic E-state index is 12.8. The topological polar surface area (TPSA) is 44.8 Å². The second kappa shape index (κ2) is 5.95. The molecule has 0 aliphatic carbocycles. The number of benzene rings is 1. The van der Waals surface area contributed by atoms with Gasteiger partial charge in [-0.25, -0.2) is 0 Å². The molecule has 1 saturated heterocycles. The Kier molecular flexibility index (Phi) is 4.48. The van der Waals surface area contributed by atoms with Crippen LogP contribution in [0.15, 0.2) is 12.1 Å². The predicted molar refractivity (Wildman–Crippen MR) is 80.5 cm³/mol. The van der Waals surface area contributed by atoms with Crippen molar-refractivity contribution < 1.29 is 19.0 Å². The molecule has 0 spiro atoms. The summed E-state index contributed by atoms with van der Waals surface area (Å²) in [6.07, 6.45) is 1.97. The number of ketones is 1. The molecule has 1 aliphatic heterocycles. The van der Waals surface area contributed by atoms with Crippen molar-refractivity contribution in [2.24, 2.45) is 0 Å². The Morgan fingerprint density at radius 1 is 1.15 bits per heavy atom. The van der Waals surface area contributed by atoms with Gasteiger partial charge >= 0.3 is 0 Å². The van der Waals surface area contributed by atoms with Gasteiger partial charge in [-0.15, -0.1) is 11.8 Å². The lowest BCUT2D eigenvalue weighted by atomic mass is 9.93. The second-order valence-electron chi connectivity index (χ2n) is 4.89. The first-order valence-electron chi connectivity index (χ1n) is 6.55. The Hall–Kier alpha value is -1.36. The molecule has 1 fully saturated rings. The molecule has 1 unspecified atom stereocenters. The minimum absolute atomic E-state index is 0.0952. The van der Waals surface area contributed by atoms with Crippen molar-refractivity contribution in [2.45, 2.75) is 24.5 Å². The smallest absolute Gasteiger partial charge is 0.204 e.